The van der Waals surface area contributed by atoms with Crippen molar-refractivity contribution in [1.82, 2.24) is 0 Å². The van der Waals surface area contributed by atoms with Crippen LogP contribution in [0.25, 0.3) is 0 Å². The second-order valence-corrected chi connectivity index (χ2v) is 25.2. The molecule has 4 aromatic rings. The third kappa shape index (κ3) is 7.87. The molecule has 0 radical (unpaired) electrons. The molecule has 12 heteroatoms. The maximum absolute atomic E-state index is 15.3. The summed E-state index contributed by atoms with van der Waals surface area (Å²) in [6.07, 6.45) is 0.206. The van der Waals surface area contributed by atoms with Crippen molar-refractivity contribution >= 4 is 50.7 Å². The zero-order valence-corrected chi connectivity index (χ0v) is 35.7. The van der Waals surface area contributed by atoms with E-state index >= 15 is 9.13 Å². The Balaban J connectivity index is 1.16. The fraction of sp³-hybridized carbons (Fsp3) is 0.415. The molecule has 2 heterocycles. The van der Waals surface area contributed by atoms with Gasteiger partial charge in [0.1, 0.15) is 14.3 Å². The normalized spacial score (nSPS) is 23.7. The van der Waals surface area contributed by atoms with Crippen molar-refractivity contribution in [3.05, 3.63) is 117 Å². The van der Waals surface area contributed by atoms with Gasteiger partial charge in [-0.15, -0.1) is 0 Å². The molecule has 0 unspecified atom stereocenters. The van der Waals surface area contributed by atoms with Gasteiger partial charge in [0.05, 0.1) is 44.2 Å². The number of hydrogen-bond acceptors (Lipinski definition) is 8. The molecule has 2 aliphatic rings. The fourth-order valence-corrected chi connectivity index (χ4v) is 21.5. The molecule has 0 bridgehead atoms. The van der Waals surface area contributed by atoms with Crippen LogP contribution in [0.5, 0.6) is 0 Å². The van der Waals surface area contributed by atoms with Crippen LogP contribution in [0.3, 0.4) is 0 Å². The standard InChI is InChI=1S/C41H52O8P4/c1-29-13-9-14-30(2)37(29)50(42,38-31(3)15-10-16-32(38)4)21-23-52(44)46-25-41(26-47-52)27-48-53(45,49-28-41)24-22-51(43,39-33(5)17-11-18-34(39)6)40-35(7)19-12-20-36(40)8/h9-20H,21-28H2,1-8H3. The molecule has 0 aromatic heterocycles. The van der Waals surface area contributed by atoms with Gasteiger partial charge in [0.15, 0.2) is 0 Å². The summed E-state index contributed by atoms with van der Waals surface area (Å²) in [5, 5.41) is 3.17. The summed E-state index contributed by atoms with van der Waals surface area (Å²) in [5.41, 5.74) is 6.63. The molecule has 1 spiro atoms. The lowest BCUT2D eigenvalue weighted by atomic mass is 9.93. The second-order valence-electron chi connectivity index (χ2n) is 15.2. The highest BCUT2D eigenvalue weighted by Crippen LogP contribution is 2.62. The van der Waals surface area contributed by atoms with Crippen LogP contribution in [-0.4, -0.2) is 51.1 Å². The van der Waals surface area contributed by atoms with Crippen molar-refractivity contribution < 1.29 is 36.4 Å². The first-order chi connectivity index (χ1) is 24.9. The van der Waals surface area contributed by atoms with E-state index in [0.29, 0.717) is 0 Å². The average Bonchev–Trinajstić information content (AvgIpc) is 3.09. The van der Waals surface area contributed by atoms with E-state index in [2.05, 4.69) is 0 Å². The Labute approximate surface area is 315 Å². The molecule has 53 heavy (non-hydrogen) atoms. The summed E-state index contributed by atoms with van der Waals surface area (Å²) < 4.78 is 82.9. The van der Waals surface area contributed by atoms with Crippen molar-refractivity contribution in [3.63, 3.8) is 0 Å². The summed E-state index contributed by atoms with van der Waals surface area (Å²) >= 11 is 0. The van der Waals surface area contributed by atoms with E-state index in [4.69, 9.17) is 18.1 Å². The van der Waals surface area contributed by atoms with Crippen molar-refractivity contribution in [2.45, 2.75) is 55.4 Å². The van der Waals surface area contributed by atoms with Crippen molar-refractivity contribution in [1.29, 1.82) is 0 Å². The molecule has 0 N–H and O–H groups in total. The molecular weight excluding hydrogens is 744 g/mol. The van der Waals surface area contributed by atoms with Gasteiger partial charge in [-0.05, 0) is 99.9 Å². The highest BCUT2D eigenvalue weighted by molar-refractivity contribution is 7.80. The predicted octanol–water partition coefficient (Wildman–Crippen LogP) is 8.95. The van der Waals surface area contributed by atoms with E-state index in [9.17, 15) is 9.13 Å². The Morgan fingerprint density at radius 1 is 0.453 bits per heavy atom. The van der Waals surface area contributed by atoms with Gasteiger partial charge < -0.3 is 27.2 Å². The third-order valence-electron chi connectivity index (χ3n) is 10.9. The van der Waals surface area contributed by atoms with E-state index in [-0.39, 0.29) is 51.1 Å². The van der Waals surface area contributed by atoms with Crippen LogP contribution in [0, 0.1) is 60.8 Å². The van der Waals surface area contributed by atoms with Crippen LogP contribution in [-0.2, 0) is 36.4 Å². The van der Waals surface area contributed by atoms with Crippen molar-refractivity contribution in [2.75, 3.05) is 51.1 Å². The Bertz CT molecular complexity index is 1870. The van der Waals surface area contributed by atoms with Gasteiger partial charge in [0.25, 0.3) is 0 Å². The Morgan fingerprint density at radius 3 is 0.868 bits per heavy atom. The summed E-state index contributed by atoms with van der Waals surface area (Å²) in [6, 6.07) is 23.6. The van der Waals surface area contributed by atoms with Crippen LogP contribution in [0.4, 0.5) is 0 Å². The largest absolute Gasteiger partial charge is 0.331 e. The van der Waals surface area contributed by atoms with Gasteiger partial charge in [-0.25, -0.2) is 0 Å². The van der Waals surface area contributed by atoms with E-state index in [1.54, 1.807) is 0 Å². The highest BCUT2D eigenvalue weighted by atomic mass is 31.2. The monoisotopic (exact) mass is 796 g/mol. The lowest BCUT2D eigenvalue weighted by Gasteiger charge is -2.43. The molecule has 0 aliphatic carbocycles. The van der Waals surface area contributed by atoms with Gasteiger partial charge in [0.2, 0.25) is 0 Å². The predicted molar refractivity (Wildman–Crippen MR) is 218 cm³/mol. The third-order valence-corrected chi connectivity index (χ3v) is 22.6. The molecule has 2 fully saturated rings. The second kappa shape index (κ2) is 15.3. The maximum atomic E-state index is 15.3. The van der Waals surface area contributed by atoms with E-state index < -0.39 is 34.9 Å². The summed E-state index contributed by atoms with van der Waals surface area (Å²) in [6.45, 7) is 15.8. The summed E-state index contributed by atoms with van der Waals surface area (Å²) in [7, 11) is -13.8. The lowest BCUT2D eigenvalue weighted by molar-refractivity contribution is -0.0680. The number of rotatable bonds is 10. The molecule has 2 saturated heterocycles. The minimum Gasteiger partial charge on any atom is -0.314 e. The summed E-state index contributed by atoms with van der Waals surface area (Å²) in [5.74, 6) is 0. The molecule has 4 aromatic carbocycles. The maximum Gasteiger partial charge on any atom is 0.331 e. The van der Waals surface area contributed by atoms with Crippen LogP contribution in [0.2, 0.25) is 0 Å². The van der Waals surface area contributed by atoms with Crippen molar-refractivity contribution in [2.24, 2.45) is 5.41 Å². The smallest absolute Gasteiger partial charge is 0.314 e. The lowest BCUT2D eigenvalue weighted by Crippen LogP contribution is -2.46. The van der Waals surface area contributed by atoms with Gasteiger partial charge in [0, 0.05) is 33.5 Å². The van der Waals surface area contributed by atoms with E-state index in [0.717, 1.165) is 65.7 Å². The zero-order valence-electron chi connectivity index (χ0n) is 32.1. The number of hydrogen-bond donors (Lipinski definition) is 0. The first kappa shape index (κ1) is 40.3. The van der Waals surface area contributed by atoms with Crippen LogP contribution in [0.15, 0.2) is 72.8 Å². The molecule has 8 nitrogen and oxygen atoms in total. The molecular formula is C41H52O8P4. The topological polar surface area (TPSA) is 105 Å². The fourth-order valence-electron chi connectivity index (χ4n) is 8.22. The van der Waals surface area contributed by atoms with Crippen LogP contribution >= 0.6 is 29.5 Å². The molecule has 0 saturated carbocycles. The van der Waals surface area contributed by atoms with Gasteiger partial charge in [-0.2, -0.15) is 0 Å². The SMILES string of the molecule is Cc1cccc(C)c1P(=O)(CCP1(=O)OCC2(CO1)COP(=O)(CCP(=O)(c1c(C)cccc1C)c1c(C)cccc1C)OC2)c1c(C)cccc1C. The number of benzene rings is 4. The Hall–Kier alpha value is -2.36. The molecule has 0 amide bonds. The first-order valence-electron chi connectivity index (χ1n) is 18.2. The molecule has 0 atom stereocenters. The Kier molecular flexibility index (Phi) is 11.6. The van der Waals surface area contributed by atoms with E-state index in [1.165, 1.54) is 0 Å². The molecule has 6 rings (SSSR count). The highest BCUT2D eigenvalue weighted by Gasteiger charge is 2.50. The van der Waals surface area contributed by atoms with Crippen molar-refractivity contribution in [3.8, 4) is 0 Å². The van der Waals surface area contributed by atoms with Crippen LogP contribution < -0.4 is 21.2 Å². The van der Waals surface area contributed by atoms with Crippen LogP contribution in [0.1, 0.15) is 44.5 Å². The summed E-state index contributed by atoms with van der Waals surface area (Å²) in [4.78, 5) is 0. The molecule has 2 aliphatic heterocycles. The van der Waals surface area contributed by atoms with E-state index in [1.807, 2.05) is 128 Å². The quantitative estimate of drug-likeness (QED) is 0.147. The zero-order chi connectivity index (χ0) is 38.4. The number of aryl methyl sites for hydroxylation is 8. The minimum atomic E-state index is -3.65. The van der Waals surface area contributed by atoms with Gasteiger partial charge in [-0.3, -0.25) is 9.13 Å². The molecule has 284 valence electrons. The first-order valence-corrected chi connectivity index (χ1v) is 25.4. The van der Waals surface area contributed by atoms with Gasteiger partial charge >= 0.3 is 15.2 Å². The van der Waals surface area contributed by atoms with Gasteiger partial charge in [-0.1, -0.05) is 72.8 Å². The average molecular weight is 797 g/mol. The minimum absolute atomic E-state index is 0.0185. The Morgan fingerprint density at radius 2 is 0.660 bits per heavy atom.